The van der Waals surface area contributed by atoms with Gasteiger partial charge >= 0.3 is 16.3 Å². The fraction of sp³-hybridized carbons (Fsp3) is 0.364. The minimum Gasteiger partial charge on any atom is -0.495 e. The van der Waals surface area contributed by atoms with E-state index in [0.29, 0.717) is 5.75 Å². The van der Waals surface area contributed by atoms with E-state index in [-0.39, 0.29) is 11.4 Å². The minimum absolute atomic E-state index is 0.188. The molecule has 9 heteroatoms. The van der Waals surface area contributed by atoms with Gasteiger partial charge in [0.05, 0.1) is 24.6 Å². The van der Waals surface area contributed by atoms with Crippen molar-refractivity contribution in [3.05, 3.63) is 18.2 Å². The standard InChI is InChI=1S/C11H17N3O5S/c1-7(2)19-11(15)14-20(16,17)13-8-4-5-10(18-3)9(12)6-8/h4-7,13H,12H2,1-3H3,(H,14,15). The van der Waals surface area contributed by atoms with Gasteiger partial charge in [0.15, 0.2) is 0 Å². The van der Waals surface area contributed by atoms with Crippen LogP contribution in [0.2, 0.25) is 0 Å². The highest BCUT2D eigenvalue weighted by Crippen LogP contribution is 2.24. The summed E-state index contributed by atoms with van der Waals surface area (Å²) in [6, 6.07) is 4.31. The second kappa shape index (κ2) is 6.33. The predicted octanol–water partition coefficient (Wildman–Crippen LogP) is 1.07. The molecule has 0 atom stereocenters. The minimum atomic E-state index is -4.09. The molecule has 0 aliphatic carbocycles. The number of amides is 1. The van der Waals surface area contributed by atoms with Crippen LogP contribution in [0.5, 0.6) is 5.75 Å². The summed E-state index contributed by atoms with van der Waals surface area (Å²) >= 11 is 0. The van der Waals surface area contributed by atoms with E-state index in [1.807, 2.05) is 0 Å². The van der Waals surface area contributed by atoms with Gasteiger partial charge in [0.2, 0.25) is 0 Å². The molecule has 0 saturated heterocycles. The number of methoxy groups -OCH3 is 1. The predicted molar refractivity (Wildman–Crippen MR) is 74.7 cm³/mol. The number of hydrogen-bond acceptors (Lipinski definition) is 6. The molecular formula is C11H17N3O5S. The molecule has 0 heterocycles. The van der Waals surface area contributed by atoms with E-state index < -0.39 is 22.4 Å². The Morgan fingerprint density at radius 3 is 2.50 bits per heavy atom. The Hall–Kier alpha value is -2.16. The van der Waals surface area contributed by atoms with Crippen molar-refractivity contribution in [1.29, 1.82) is 0 Å². The van der Waals surface area contributed by atoms with Gasteiger partial charge in [-0.15, -0.1) is 0 Å². The maximum atomic E-state index is 11.7. The molecule has 0 aromatic heterocycles. The number of nitrogens with one attached hydrogen (secondary N) is 2. The van der Waals surface area contributed by atoms with Gasteiger partial charge in [-0.2, -0.15) is 8.42 Å². The smallest absolute Gasteiger partial charge is 0.422 e. The Labute approximate surface area is 117 Å². The quantitative estimate of drug-likeness (QED) is 0.700. The highest BCUT2D eigenvalue weighted by molar-refractivity contribution is 7.91. The van der Waals surface area contributed by atoms with Gasteiger partial charge in [-0.25, -0.2) is 9.52 Å². The van der Waals surface area contributed by atoms with Crippen LogP contribution in [0.25, 0.3) is 0 Å². The summed E-state index contributed by atoms with van der Waals surface area (Å²) in [6.07, 6.45) is -1.49. The highest BCUT2D eigenvalue weighted by Gasteiger charge is 2.16. The molecule has 0 radical (unpaired) electrons. The largest absolute Gasteiger partial charge is 0.495 e. The molecule has 0 unspecified atom stereocenters. The van der Waals surface area contributed by atoms with Crippen LogP contribution >= 0.6 is 0 Å². The third-order valence-electron chi connectivity index (χ3n) is 2.04. The van der Waals surface area contributed by atoms with Crippen LogP contribution < -0.4 is 19.9 Å². The molecule has 1 aromatic rings. The number of rotatable bonds is 5. The van der Waals surface area contributed by atoms with Crippen LogP contribution in [0, 0.1) is 0 Å². The van der Waals surface area contributed by atoms with Crippen molar-refractivity contribution in [2.24, 2.45) is 0 Å². The van der Waals surface area contributed by atoms with Crippen molar-refractivity contribution in [3.8, 4) is 5.75 Å². The van der Waals surface area contributed by atoms with Crippen LogP contribution in [0.3, 0.4) is 0 Å². The van der Waals surface area contributed by atoms with Crippen molar-refractivity contribution in [1.82, 2.24) is 4.72 Å². The van der Waals surface area contributed by atoms with Gasteiger partial charge in [0.1, 0.15) is 5.75 Å². The molecule has 0 bridgehead atoms. The number of nitrogen functional groups attached to an aromatic ring is 1. The maximum Gasteiger partial charge on any atom is 0.422 e. The first kappa shape index (κ1) is 15.9. The molecule has 1 rings (SSSR count). The number of benzene rings is 1. The van der Waals surface area contributed by atoms with Gasteiger partial charge in [-0.05, 0) is 32.0 Å². The number of ether oxygens (including phenoxy) is 2. The zero-order chi connectivity index (χ0) is 15.3. The fourth-order valence-electron chi connectivity index (χ4n) is 1.33. The van der Waals surface area contributed by atoms with E-state index in [0.717, 1.165) is 0 Å². The van der Waals surface area contributed by atoms with E-state index in [9.17, 15) is 13.2 Å². The first-order chi connectivity index (χ1) is 9.23. The SMILES string of the molecule is COc1ccc(NS(=O)(=O)NC(=O)OC(C)C)cc1N. The second-order valence-corrected chi connectivity index (χ2v) is 5.53. The Bertz CT molecular complexity index is 586. The molecular weight excluding hydrogens is 286 g/mol. The Morgan fingerprint density at radius 1 is 1.35 bits per heavy atom. The second-order valence-electron chi connectivity index (χ2n) is 4.12. The van der Waals surface area contributed by atoms with Crippen LogP contribution in [0.1, 0.15) is 13.8 Å². The number of nitrogens with two attached hydrogens (primary N) is 1. The maximum absolute atomic E-state index is 11.7. The molecule has 112 valence electrons. The van der Waals surface area contributed by atoms with E-state index >= 15 is 0 Å². The van der Waals surface area contributed by atoms with Gasteiger partial charge in [-0.1, -0.05) is 0 Å². The van der Waals surface area contributed by atoms with Crippen molar-refractivity contribution in [2.75, 3.05) is 17.6 Å². The first-order valence-corrected chi connectivity index (χ1v) is 7.16. The molecule has 4 N–H and O–H groups in total. The van der Waals surface area contributed by atoms with E-state index in [4.69, 9.17) is 10.5 Å². The Morgan fingerprint density at radius 2 is 2.00 bits per heavy atom. The number of anilines is 2. The van der Waals surface area contributed by atoms with Crippen molar-refractivity contribution >= 4 is 27.7 Å². The summed E-state index contributed by atoms with van der Waals surface area (Å²) in [5.74, 6) is 0.417. The van der Waals surface area contributed by atoms with Gasteiger partial charge in [-0.3, -0.25) is 4.72 Å². The molecule has 0 spiro atoms. The molecule has 20 heavy (non-hydrogen) atoms. The van der Waals surface area contributed by atoms with Gasteiger partial charge < -0.3 is 15.2 Å². The normalized spacial score (nSPS) is 11.0. The lowest BCUT2D eigenvalue weighted by atomic mass is 10.2. The van der Waals surface area contributed by atoms with Crippen molar-refractivity contribution in [2.45, 2.75) is 20.0 Å². The molecule has 0 fully saturated rings. The summed E-state index contributed by atoms with van der Waals surface area (Å²) < 4.78 is 36.8. The van der Waals surface area contributed by atoms with Crippen LogP contribution in [-0.2, 0) is 14.9 Å². The first-order valence-electron chi connectivity index (χ1n) is 5.68. The van der Waals surface area contributed by atoms with E-state index in [2.05, 4.69) is 9.46 Å². The summed E-state index contributed by atoms with van der Waals surface area (Å²) in [4.78, 5) is 11.2. The molecule has 1 amide bonds. The lowest BCUT2D eigenvalue weighted by molar-refractivity contribution is 0.121. The van der Waals surface area contributed by atoms with Crippen LogP contribution in [-0.4, -0.2) is 27.7 Å². The molecule has 0 saturated carbocycles. The average molecular weight is 303 g/mol. The number of carbonyl (C=O) groups excluding carboxylic acids is 1. The fourth-order valence-corrected chi connectivity index (χ4v) is 2.08. The zero-order valence-corrected chi connectivity index (χ0v) is 12.2. The molecule has 8 nitrogen and oxygen atoms in total. The topological polar surface area (TPSA) is 120 Å². The Balaban J connectivity index is 2.76. The summed E-state index contributed by atoms with van der Waals surface area (Å²) in [5, 5.41) is 0. The highest BCUT2D eigenvalue weighted by atomic mass is 32.2. The van der Waals surface area contributed by atoms with Crippen molar-refractivity contribution in [3.63, 3.8) is 0 Å². The van der Waals surface area contributed by atoms with E-state index in [1.165, 1.54) is 25.3 Å². The molecule has 0 aliphatic heterocycles. The molecule has 1 aromatic carbocycles. The zero-order valence-electron chi connectivity index (χ0n) is 11.3. The summed E-state index contributed by atoms with van der Waals surface area (Å²) in [5.41, 5.74) is 6.10. The summed E-state index contributed by atoms with van der Waals surface area (Å²) in [6.45, 7) is 3.20. The van der Waals surface area contributed by atoms with Gasteiger partial charge in [0, 0.05) is 0 Å². The van der Waals surface area contributed by atoms with E-state index in [1.54, 1.807) is 18.6 Å². The van der Waals surface area contributed by atoms with Crippen molar-refractivity contribution < 1.29 is 22.7 Å². The van der Waals surface area contributed by atoms with Gasteiger partial charge in [0.25, 0.3) is 0 Å². The van der Waals surface area contributed by atoms with Crippen LogP contribution in [0.4, 0.5) is 16.2 Å². The number of carbonyl (C=O) groups is 1. The van der Waals surface area contributed by atoms with Crippen LogP contribution in [0.15, 0.2) is 18.2 Å². The number of hydrogen-bond donors (Lipinski definition) is 3. The summed E-state index contributed by atoms with van der Waals surface area (Å²) in [7, 11) is -2.64. The molecule has 0 aliphatic rings. The third-order valence-corrected chi connectivity index (χ3v) is 2.98. The lowest BCUT2D eigenvalue weighted by Crippen LogP contribution is -2.36. The lowest BCUT2D eigenvalue weighted by Gasteiger charge is -2.12. The average Bonchev–Trinajstić information content (AvgIpc) is 2.26. The Kier molecular flexibility index (Phi) is 5.03. The monoisotopic (exact) mass is 303 g/mol. The third kappa shape index (κ3) is 4.84.